The summed E-state index contributed by atoms with van der Waals surface area (Å²) in [7, 11) is 1.67. The van der Waals surface area contributed by atoms with Gasteiger partial charge in [-0.1, -0.05) is 54.6 Å². The van der Waals surface area contributed by atoms with Crippen LogP contribution in [-0.4, -0.2) is 7.11 Å². The van der Waals surface area contributed by atoms with Crippen molar-refractivity contribution in [3.8, 4) is 5.75 Å². The molecule has 0 bridgehead atoms. The summed E-state index contributed by atoms with van der Waals surface area (Å²) in [5.74, 6) is 0.776. The molecule has 0 fully saturated rings. The number of rotatable bonds is 1. The maximum atomic E-state index is 5.25. The molecule has 0 saturated heterocycles. The molecule has 0 heterocycles. The van der Waals surface area contributed by atoms with Crippen LogP contribution in [0.4, 0.5) is 0 Å². The molecular formula is C19H13O. The van der Waals surface area contributed by atoms with E-state index in [-0.39, 0.29) is 0 Å². The smallest absolute Gasteiger partial charge is 0.127 e. The first-order valence-electron chi connectivity index (χ1n) is 6.67. The summed E-state index contributed by atoms with van der Waals surface area (Å²) >= 11 is 0. The standard InChI is InChI=1S/C19H13O/c1-20-15-8-11-17-14(12-15)7-10-18-16-5-3-2-4-13(16)6-9-19(17)18/h2-11H,1H3. The highest BCUT2D eigenvalue weighted by Crippen LogP contribution is 2.32. The molecule has 0 amide bonds. The van der Waals surface area contributed by atoms with E-state index in [2.05, 4.69) is 60.7 Å². The lowest BCUT2D eigenvalue weighted by atomic mass is 9.97. The first-order chi connectivity index (χ1) is 9.86. The SMILES string of the molecule is COc1[c]c2ccc3c4ccccc4ccc3c2cc1. The Morgan fingerprint density at radius 2 is 1.45 bits per heavy atom. The molecule has 0 aliphatic carbocycles. The van der Waals surface area contributed by atoms with Crippen LogP contribution in [-0.2, 0) is 0 Å². The second-order valence-corrected chi connectivity index (χ2v) is 4.94. The Balaban J connectivity index is 2.17. The predicted octanol–water partition coefficient (Wildman–Crippen LogP) is 4.95. The molecule has 0 aliphatic heterocycles. The van der Waals surface area contributed by atoms with Gasteiger partial charge in [-0.15, -0.1) is 0 Å². The zero-order chi connectivity index (χ0) is 13.5. The van der Waals surface area contributed by atoms with Crippen molar-refractivity contribution in [2.45, 2.75) is 0 Å². The van der Waals surface area contributed by atoms with Crippen molar-refractivity contribution in [2.24, 2.45) is 0 Å². The van der Waals surface area contributed by atoms with Crippen molar-refractivity contribution in [1.29, 1.82) is 0 Å². The van der Waals surface area contributed by atoms with Crippen LogP contribution in [0.1, 0.15) is 0 Å². The molecule has 0 unspecified atom stereocenters. The molecule has 1 radical (unpaired) electrons. The van der Waals surface area contributed by atoms with Gasteiger partial charge in [0.2, 0.25) is 0 Å². The zero-order valence-corrected chi connectivity index (χ0v) is 11.2. The van der Waals surface area contributed by atoms with Gasteiger partial charge in [-0.05, 0) is 38.4 Å². The minimum atomic E-state index is 0.776. The lowest BCUT2D eigenvalue weighted by Gasteiger charge is -2.08. The lowest BCUT2D eigenvalue weighted by Crippen LogP contribution is -1.84. The van der Waals surface area contributed by atoms with Crippen LogP contribution >= 0.6 is 0 Å². The number of methoxy groups -OCH3 is 1. The molecule has 0 aliphatic rings. The van der Waals surface area contributed by atoms with E-state index in [1.807, 2.05) is 6.07 Å². The minimum Gasteiger partial charge on any atom is -0.496 e. The molecule has 4 aromatic carbocycles. The average molecular weight is 257 g/mol. The van der Waals surface area contributed by atoms with Crippen LogP contribution in [0.2, 0.25) is 0 Å². The largest absolute Gasteiger partial charge is 0.496 e. The molecule has 1 heteroatoms. The quantitative estimate of drug-likeness (QED) is 0.438. The molecule has 4 rings (SSSR count). The summed E-state index contributed by atoms with van der Waals surface area (Å²) in [5.41, 5.74) is 0. The summed E-state index contributed by atoms with van der Waals surface area (Å²) in [5, 5.41) is 7.43. The highest BCUT2D eigenvalue weighted by atomic mass is 16.5. The zero-order valence-electron chi connectivity index (χ0n) is 11.2. The Labute approximate surface area is 117 Å². The third kappa shape index (κ3) is 1.56. The average Bonchev–Trinajstić information content (AvgIpc) is 2.53. The third-order valence-electron chi connectivity index (χ3n) is 3.85. The molecule has 0 spiro atoms. The topological polar surface area (TPSA) is 9.23 Å². The van der Waals surface area contributed by atoms with Gasteiger partial charge in [0.15, 0.2) is 0 Å². The summed E-state index contributed by atoms with van der Waals surface area (Å²) < 4.78 is 5.25. The van der Waals surface area contributed by atoms with Crippen LogP contribution in [0.15, 0.2) is 60.7 Å². The lowest BCUT2D eigenvalue weighted by molar-refractivity contribution is 0.414. The van der Waals surface area contributed by atoms with Crippen molar-refractivity contribution in [1.82, 2.24) is 0 Å². The Kier molecular flexibility index (Phi) is 2.40. The monoisotopic (exact) mass is 257 g/mol. The van der Waals surface area contributed by atoms with Gasteiger partial charge in [-0.2, -0.15) is 0 Å². The van der Waals surface area contributed by atoms with Gasteiger partial charge in [0.05, 0.1) is 7.11 Å². The molecule has 0 atom stereocenters. The van der Waals surface area contributed by atoms with E-state index in [0.717, 1.165) is 11.1 Å². The van der Waals surface area contributed by atoms with E-state index < -0.39 is 0 Å². The van der Waals surface area contributed by atoms with Gasteiger partial charge >= 0.3 is 0 Å². The van der Waals surface area contributed by atoms with E-state index >= 15 is 0 Å². The van der Waals surface area contributed by atoms with Crippen LogP contribution in [0.5, 0.6) is 5.75 Å². The van der Waals surface area contributed by atoms with E-state index in [0.29, 0.717) is 0 Å². The summed E-state index contributed by atoms with van der Waals surface area (Å²) in [4.78, 5) is 0. The molecule has 4 aromatic rings. The van der Waals surface area contributed by atoms with E-state index in [9.17, 15) is 0 Å². The highest BCUT2D eigenvalue weighted by Gasteiger charge is 2.05. The third-order valence-corrected chi connectivity index (χ3v) is 3.85. The molecule has 0 aromatic heterocycles. The molecular weight excluding hydrogens is 244 g/mol. The molecule has 1 nitrogen and oxygen atoms in total. The first-order valence-corrected chi connectivity index (χ1v) is 6.67. The number of benzene rings is 4. The Morgan fingerprint density at radius 3 is 2.35 bits per heavy atom. The Bertz CT molecular complexity index is 938. The maximum Gasteiger partial charge on any atom is 0.127 e. The van der Waals surface area contributed by atoms with E-state index in [4.69, 9.17) is 4.74 Å². The normalized spacial score (nSPS) is 11.2. The second kappa shape index (κ2) is 4.24. The van der Waals surface area contributed by atoms with Crippen molar-refractivity contribution < 1.29 is 4.74 Å². The number of hydrogen-bond acceptors (Lipinski definition) is 1. The van der Waals surface area contributed by atoms with Crippen molar-refractivity contribution in [3.63, 3.8) is 0 Å². The Hall–Kier alpha value is -2.54. The van der Waals surface area contributed by atoms with Gasteiger partial charge in [0, 0.05) is 6.07 Å². The van der Waals surface area contributed by atoms with Gasteiger partial charge in [-0.3, -0.25) is 0 Å². The van der Waals surface area contributed by atoms with Crippen molar-refractivity contribution in [3.05, 3.63) is 66.7 Å². The summed E-state index contributed by atoms with van der Waals surface area (Å²) in [6.07, 6.45) is 0. The van der Waals surface area contributed by atoms with Gasteiger partial charge in [0.1, 0.15) is 5.75 Å². The minimum absolute atomic E-state index is 0.776. The van der Waals surface area contributed by atoms with Gasteiger partial charge < -0.3 is 4.74 Å². The van der Waals surface area contributed by atoms with Crippen LogP contribution in [0.3, 0.4) is 0 Å². The van der Waals surface area contributed by atoms with Crippen molar-refractivity contribution in [2.75, 3.05) is 7.11 Å². The molecule has 20 heavy (non-hydrogen) atoms. The first kappa shape index (κ1) is 11.3. The molecule has 0 N–H and O–H groups in total. The van der Waals surface area contributed by atoms with Crippen molar-refractivity contribution >= 4 is 32.3 Å². The van der Waals surface area contributed by atoms with E-state index in [1.165, 1.54) is 26.9 Å². The number of ether oxygens (including phenoxy) is 1. The van der Waals surface area contributed by atoms with Gasteiger partial charge in [0.25, 0.3) is 0 Å². The maximum absolute atomic E-state index is 5.25. The summed E-state index contributed by atoms with van der Waals surface area (Å²) in [6, 6.07) is 24.5. The fourth-order valence-electron chi connectivity index (χ4n) is 2.85. The summed E-state index contributed by atoms with van der Waals surface area (Å²) in [6.45, 7) is 0. The van der Waals surface area contributed by atoms with Crippen LogP contribution in [0.25, 0.3) is 32.3 Å². The predicted molar refractivity (Wildman–Crippen MR) is 84.3 cm³/mol. The molecule has 95 valence electrons. The van der Waals surface area contributed by atoms with Gasteiger partial charge in [-0.25, -0.2) is 0 Å². The Morgan fingerprint density at radius 1 is 0.700 bits per heavy atom. The second-order valence-electron chi connectivity index (χ2n) is 4.94. The fourth-order valence-corrected chi connectivity index (χ4v) is 2.85. The highest BCUT2D eigenvalue weighted by molar-refractivity contribution is 6.17. The fraction of sp³-hybridized carbons (Fsp3) is 0.0526. The molecule has 0 saturated carbocycles. The van der Waals surface area contributed by atoms with Crippen LogP contribution < -0.4 is 4.74 Å². The number of fused-ring (bicyclic) bond motifs is 5. The van der Waals surface area contributed by atoms with E-state index in [1.54, 1.807) is 7.11 Å². The number of hydrogen-bond donors (Lipinski definition) is 0. The van der Waals surface area contributed by atoms with Crippen LogP contribution in [0, 0.1) is 6.07 Å².